The summed E-state index contributed by atoms with van der Waals surface area (Å²) in [5.41, 5.74) is 0.660. The van der Waals surface area contributed by atoms with Gasteiger partial charge in [-0.15, -0.1) is 0 Å². The molecule has 0 spiro atoms. The van der Waals surface area contributed by atoms with Gasteiger partial charge in [0.25, 0.3) is 11.5 Å². The Kier molecular flexibility index (Phi) is 4.85. The molecule has 1 aliphatic heterocycles. The predicted octanol–water partition coefficient (Wildman–Crippen LogP) is 1.24. The zero-order valence-electron chi connectivity index (χ0n) is 14.3. The van der Waals surface area contributed by atoms with E-state index in [0.717, 1.165) is 24.1 Å². The van der Waals surface area contributed by atoms with Crippen molar-refractivity contribution in [2.45, 2.75) is 18.8 Å². The fraction of sp³-hybridized carbons (Fsp3) is 0.389. The Bertz CT molecular complexity index is 900. The summed E-state index contributed by atoms with van der Waals surface area (Å²) in [6, 6.07) is 7.73. The molecule has 25 heavy (non-hydrogen) atoms. The van der Waals surface area contributed by atoms with Crippen molar-refractivity contribution in [3.8, 4) is 0 Å². The number of nitrogens with zero attached hydrogens (tertiary/aromatic N) is 2. The van der Waals surface area contributed by atoms with Crippen molar-refractivity contribution in [2.75, 3.05) is 25.2 Å². The van der Waals surface area contributed by atoms with E-state index in [0.29, 0.717) is 19.1 Å². The van der Waals surface area contributed by atoms with Gasteiger partial charge in [0.15, 0.2) is 0 Å². The Labute approximate surface area is 144 Å². The number of aromatic nitrogens is 2. The molecule has 2 heterocycles. The summed E-state index contributed by atoms with van der Waals surface area (Å²) in [6.07, 6.45) is 2.98. The summed E-state index contributed by atoms with van der Waals surface area (Å²) in [5, 5.41) is 0. The first-order valence-electron chi connectivity index (χ1n) is 8.22. The molecule has 1 unspecified atom stereocenters. The predicted molar refractivity (Wildman–Crippen MR) is 94.3 cm³/mol. The van der Waals surface area contributed by atoms with Gasteiger partial charge in [-0.3, -0.25) is 14.6 Å². The Morgan fingerprint density at radius 2 is 2.08 bits per heavy atom. The fourth-order valence-electron chi connectivity index (χ4n) is 3.27. The maximum atomic E-state index is 12.9. The van der Waals surface area contributed by atoms with E-state index in [1.165, 1.54) is 17.8 Å². The van der Waals surface area contributed by atoms with Gasteiger partial charge in [-0.25, -0.2) is 4.79 Å². The second-order valence-electron chi connectivity index (χ2n) is 6.20. The molecule has 1 aromatic heterocycles. The zero-order valence-corrected chi connectivity index (χ0v) is 14.3. The number of carbonyl (C=O) groups excluding carboxylic acids is 1. The van der Waals surface area contributed by atoms with Gasteiger partial charge in [0.05, 0.1) is 0 Å². The minimum Gasteiger partial charge on any atom is -0.385 e. The van der Waals surface area contributed by atoms with E-state index in [1.54, 1.807) is 12.0 Å². The number of nitrogens with one attached hydrogen (secondary N) is 1. The van der Waals surface area contributed by atoms with Crippen LogP contribution in [0.1, 0.15) is 34.7 Å². The third-order valence-corrected chi connectivity index (χ3v) is 4.62. The third kappa shape index (κ3) is 3.28. The SMILES string of the molecule is COCCC1CCN(C(=O)c2cn(C)c(=O)[nH]c2=O)c2ccccc21. The molecule has 1 aromatic carbocycles. The van der Waals surface area contributed by atoms with E-state index in [-0.39, 0.29) is 5.56 Å². The number of hydrogen-bond donors (Lipinski definition) is 1. The van der Waals surface area contributed by atoms with Crippen molar-refractivity contribution in [1.29, 1.82) is 0 Å². The van der Waals surface area contributed by atoms with Crippen LogP contribution in [-0.2, 0) is 11.8 Å². The molecule has 0 bridgehead atoms. The number of anilines is 1. The molecule has 132 valence electrons. The lowest BCUT2D eigenvalue weighted by Gasteiger charge is -2.34. The molecule has 1 N–H and O–H groups in total. The van der Waals surface area contributed by atoms with Crippen molar-refractivity contribution in [3.05, 3.63) is 62.4 Å². The van der Waals surface area contributed by atoms with Gasteiger partial charge in [0.2, 0.25) is 0 Å². The Balaban J connectivity index is 1.98. The molecule has 1 atom stereocenters. The van der Waals surface area contributed by atoms with E-state index >= 15 is 0 Å². The van der Waals surface area contributed by atoms with Crippen LogP contribution in [0.4, 0.5) is 5.69 Å². The number of para-hydroxylation sites is 1. The monoisotopic (exact) mass is 343 g/mol. The maximum Gasteiger partial charge on any atom is 0.328 e. The number of benzene rings is 1. The molecule has 2 aromatic rings. The van der Waals surface area contributed by atoms with Crippen molar-refractivity contribution in [3.63, 3.8) is 0 Å². The zero-order chi connectivity index (χ0) is 18.0. The maximum absolute atomic E-state index is 12.9. The lowest BCUT2D eigenvalue weighted by molar-refractivity contribution is 0.0981. The largest absolute Gasteiger partial charge is 0.385 e. The standard InChI is InChI=1S/C18H21N3O4/c1-20-11-14(16(22)19-18(20)24)17(23)21-9-7-12(8-10-25-2)13-5-3-4-6-15(13)21/h3-6,11-12H,7-10H2,1-2H3,(H,19,22,24). The molecule has 7 heteroatoms. The van der Waals surface area contributed by atoms with E-state index in [9.17, 15) is 14.4 Å². The summed E-state index contributed by atoms with van der Waals surface area (Å²) in [6.45, 7) is 1.18. The van der Waals surface area contributed by atoms with Gasteiger partial charge in [-0.2, -0.15) is 0 Å². The van der Waals surface area contributed by atoms with Crippen LogP contribution < -0.4 is 16.1 Å². The minimum absolute atomic E-state index is 0.0350. The van der Waals surface area contributed by atoms with Crippen molar-refractivity contribution < 1.29 is 9.53 Å². The van der Waals surface area contributed by atoms with Crippen LogP contribution in [0.2, 0.25) is 0 Å². The van der Waals surface area contributed by atoms with E-state index in [1.807, 2.05) is 24.3 Å². The average Bonchev–Trinajstić information content (AvgIpc) is 2.62. The molecule has 1 aliphatic rings. The summed E-state index contributed by atoms with van der Waals surface area (Å²) >= 11 is 0. The fourth-order valence-corrected chi connectivity index (χ4v) is 3.27. The Hall–Kier alpha value is -2.67. The lowest BCUT2D eigenvalue weighted by atomic mass is 9.87. The molecular weight excluding hydrogens is 322 g/mol. The van der Waals surface area contributed by atoms with E-state index < -0.39 is 17.2 Å². The molecule has 7 nitrogen and oxygen atoms in total. The van der Waals surface area contributed by atoms with Crippen LogP contribution >= 0.6 is 0 Å². The number of aromatic amines is 1. The number of hydrogen-bond acceptors (Lipinski definition) is 4. The first-order chi connectivity index (χ1) is 12.0. The molecule has 0 saturated carbocycles. The highest BCUT2D eigenvalue weighted by molar-refractivity contribution is 6.06. The van der Waals surface area contributed by atoms with Crippen LogP contribution in [0.15, 0.2) is 40.1 Å². The van der Waals surface area contributed by atoms with Crippen molar-refractivity contribution >= 4 is 11.6 Å². The van der Waals surface area contributed by atoms with Crippen LogP contribution in [0, 0.1) is 0 Å². The van der Waals surface area contributed by atoms with Crippen LogP contribution in [0.5, 0.6) is 0 Å². The van der Waals surface area contributed by atoms with Crippen molar-refractivity contribution in [2.24, 2.45) is 7.05 Å². The first-order valence-corrected chi connectivity index (χ1v) is 8.22. The van der Waals surface area contributed by atoms with E-state index in [4.69, 9.17) is 4.74 Å². The summed E-state index contributed by atoms with van der Waals surface area (Å²) in [4.78, 5) is 40.3. The number of ether oxygens (including phenoxy) is 1. The van der Waals surface area contributed by atoms with Crippen molar-refractivity contribution in [1.82, 2.24) is 9.55 Å². The second kappa shape index (κ2) is 7.06. The topological polar surface area (TPSA) is 84.4 Å². The number of amides is 1. The molecule has 0 radical (unpaired) electrons. The van der Waals surface area contributed by atoms with Crippen LogP contribution in [-0.4, -0.2) is 35.7 Å². The van der Waals surface area contributed by atoms with Gasteiger partial charge in [-0.05, 0) is 30.4 Å². The number of methoxy groups -OCH3 is 1. The number of rotatable bonds is 4. The van der Waals surface area contributed by atoms with Crippen LogP contribution in [0.25, 0.3) is 0 Å². The normalized spacial score (nSPS) is 16.6. The Morgan fingerprint density at radius 3 is 2.84 bits per heavy atom. The summed E-state index contributed by atoms with van der Waals surface area (Å²) in [7, 11) is 3.18. The highest BCUT2D eigenvalue weighted by atomic mass is 16.5. The lowest BCUT2D eigenvalue weighted by Crippen LogP contribution is -2.41. The number of carbonyl (C=O) groups is 1. The molecule has 0 aliphatic carbocycles. The number of fused-ring (bicyclic) bond motifs is 1. The van der Waals surface area contributed by atoms with Crippen LogP contribution in [0.3, 0.4) is 0 Å². The molecule has 0 saturated heterocycles. The summed E-state index contributed by atoms with van der Waals surface area (Å²) in [5.74, 6) is -0.0758. The molecular formula is C18H21N3O4. The van der Waals surface area contributed by atoms with Gasteiger partial charge in [-0.1, -0.05) is 18.2 Å². The molecule has 1 amide bonds. The molecule has 3 rings (SSSR count). The minimum atomic E-state index is -0.660. The highest BCUT2D eigenvalue weighted by Crippen LogP contribution is 2.37. The number of aryl methyl sites for hydroxylation is 1. The quantitative estimate of drug-likeness (QED) is 0.905. The second-order valence-corrected chi connectivity index (χ2v) is 6.20. The van der Waals surface area contributed by atoms with E-state index in [2.05, 4.69) is 4.98 Å². The highest BCUT2D eigenvalue weighted by Gasteiger charge is 2.30. The number of H-pyrrole nitrogens is 1. The van der Waals surface area contributed by atoms with Gasteiger partial charge in [0, 0.05) is 39.2 Å². The van der Waals surface area contributed by atoms with Gasteiger partial charge < -0.3 is 14.2 Å². The van der Waals surface area contributed by atoms with Gasteiger partial charge >= 0.3 is 5.69 Å². The smallest absolute Gasteiger partial charge is 0.328 e. The third-order valence-electron chi connectivity index (χ3n) is 4.62. The summed E-state index contributed by atoms with van der Waals surface area (Å²) < 4.78 is 6.39. The van der Waals surface area contributed by atoms with Gasteiger partial charge in [0.1, 0.15) is 5.56 Å². The average molecular weight is 343 g/mol. The molecule has 0 fully saturated rings. The first kappa shape index (κ1) is 17.2. The Morgan fingerprint density at radius 1 is 1.32 bits per heavy atom.